The number of nitrogens with one attached hydrogen (secondary N) is 1. The van der Waals surface area contributed by atoms with Gasteiger partial charge in [0.05, 0.1) is 5.56 Å². The molecule has 6 aromatic carbocycles. The number of fused-ring (bicyclic) bond motifs is 6. The van der Waals surface area contributed by atoms with E-state index in [4.69, 9.17) is 9.47 Å². The summed E-state index contributed by atoms with van der Waals surface area (Å²) in [7, 11) is 0. The lowest BCUT2D eigenvalue weighted by atomic mass is 9.77. The molecule has 1 unspecified atom stereocenters. The van der Waals surface area contributed by atoms with E-state index in [1.807, 2.05) is 103 Å². The largest absolute Gasteiger partial charge is 0.456 e. The van der Waals surface area contributed by atoms with Crippen molar-refractivity contribution in [1.82, 2.24) is 0 Å². The molecule has 1 atom stereocenters. The van der Waals surface area contributed by atoms with Gasteiger partial charge in [0.25, 0.3) is 0 Å². The highest BCUT2D eigenvalue weighted by Crippen LogP contribution is 2.57. The van der Waals surface area contributed by atoms with Crippen LogP contribution in [0.15, 0.2) is 146 Å². The van der Waals surface area contributed by atoms with Gasteiger partial charge in [0.15, 0.2) is 5.60 Å². The molecule has 0 amide bonds. The maximum Gasteiger partial charge on any atom is 0.340 e. The Balaban J connectivity index is 1.32. The normalized spacial score (nSPS) is 15.9. The van der Waals surface area contributed by atoms with Crippen LogP contribution in [0.3, 0.4) is 0 Å². The number of ether oxygens (including phenoxy) is 2. The first-order valence-electron chi connectivity index (χ1n) is 14.6. The van der Waals surface area contributed by atoms with Crippen LogP contribution in [0.4, 0.5) is 28.4 Å². The van der Waals surface area contributed by atoms with Crippen molar-refractivity contribution in [2.45, 2.75) is 12.5 Å². The summed E-state index contributed by atoms with van der Waals surface area (Å²) in [6.45, 7) is 2.09. The molecule has 5 nitrogen and oxygen atoms in total. The van der Waals surface area contributed by atoms with E-state index in [9.17, 15) is 4.79 Å². The van der Waals surface area contributed by atoms with Gasteiger partial charge in [-0.25, -0.2) is 4.79 Å². The average molecular weight is 573 g/mol. The molecule has 6 aromatic rings. The fourth-order valence-corrected chi connectivity index (χ4v) is 6.36. The molecule has 1 N–H and O–H groups in total. The average Bonchev–Trinajstić information content (AvgIpc) is 3.34. The number of rotatable bonds is 5. The predicted octanol–water partition coefficient (Wildman–Crippen LogP) is 9.78. The lowest BCUT2D eigenvalue weighted by molar-refractivity contribution is 0.0224. The first-order valence-corrected chi connectivity index (χ1v) is 14.6. The summed E-state index contributed by atoms with van der Waals surface area (Å²) in [6.07, 6.45) is 0. The van der Waals surface area contributed by atoms with E-state index in [1.54, 1.807) is 0 Å². The molecule has 2 heterocycles. The molecule has 0 bridgehead atoms. The van der Waals surface area contributed by atoms with Crippen molar-refractivity contribution >= 4 is 34.4 Å². The fraction of sp³-hybridized carbons (Fsp3) is 0.0513. The standard InChI is InChI=1S/C39H28N2O3/c1-26-11-10-16-30(23-26)41(29-14-6-3-7-15-29)31-20-22-35-37(25-31)43-36-24-28(40-27-12-4-2-5-13-27)19-21-34(36)39(35)33-18-9-8-17-32(33)38(42)44-39/h2-25,40H,1H3. The minimum atomic E-state index is -1.14. The Morgan fingerprint density at radius 3 is 2.02 bits per heavy atom. The molecule has 2 aliphatic heterocycles. The van der Waals surface area contributed by atoms with Crippen molar-refractivity contribution in [3.05, 3.63) is 173 Å². The SMILES string of the molecule is Cc1cccc(N(c2ccccc2)c2ccc3c(c2)Oc2cc(Nc4ccccc4)ccc2C32OC(=O)c3ccccc32)c1. The molecule has 5 heteroatoms. The highest BCUT2D eigenvalue weighted by atomic mass is 16.6. The first-order chi connectivity index (χ1) is 21.6. The summed E-state index contributed by atoms with van der Waals surface area (Å²) in [5, 5.41) is 3.47. The van der Waals surface area contributed by atoms with Gasteiger partial charge in [0.2, 0.25) is 0 Å². The van der Waals surface area contributed by atoms with E-state index in [-0.39, 0.29) is 5.97 Å². The molecule has 0 saturated heterocycles. The molecule has 0 fully saturated rings. The highest BCUT2D eigenvalue weighted by molar-refractivity contribution is 5.97. The van der Waals surface area contributed by atoms with Gasteiger partial charge in [0, 0.05) is 57.3 Å². The monoisotopic (exact) mass is 572 g/mol. The number of carbonyl (C=O) groups is 1. The number of para-hydroxylation sites is 2. The zero-order valence-electron chi connectivity index (χ0n) is 24.0. The Kier molecular flexibility index (Phi) is 5.98. The molecular weight excluding hydrogens is 544 g/mol. The second-order valence-electron chi connectivity index (χ2n) is 11.1. The minimum Gasteiger partial charge on any atom is -0.456 e. The summed E-state index contributed by atoms with van der Waals surface area (Å²) in [5.74, 6) is 0.910. The molecule has 0 aromatic heterocycles. The number of aryl methyl sites for hydroxylation is 1. The lowest BCUT2D eigenvalue weighted by Crippen LogP contribution is -2.33. The third-order valence-electron chi connectivity index (χ3n) is 8.29. The Bertz CT molecular complexity index is 2040. The summed E-state index contributed by atoms with van der Waals surface area (Å²) >= 11 is 0. The molecule has 0 aliphatic carbocycles. The molecule has 0 saturated carbocycles. The summed E-state index contributed by atoms with van der Waals surface area (Å²) in [6, 6.07) is 48.5. The Morgan fingerprint density at radius 1 is 0.568 bits per heavy atom. The second-order valence-corrected chi connectivity index (χ2v) is 11.1. The topological polar surface area (TPSA) is 50.8 Å². The van der Waals surface area contributed by atoms with Gasteiger partial charge in [-0.1, -0.05) is 66.7 Å². The van der Waals surface area contributed by atoms with Crippen LogP contribution in [0.5, 0.6) is 11.5 Å². The number of nitrogens with zero attached hydrogens (tertiary/aromatic N) is 1. The third-order valence-corrected chi connectivity index (χ3v) is 8.29. The van der Waals surface area contributed by atoms with Crippen molar-refractivity contribution in [3.8, 4) is 11.5 Å². The predicted molar refractivity (Wildman–Crippen MR) is 174 cm³/mol. The molecule has 212 valence electrons. The number of hydrogen-bond acceptors (Lipinski definition) is 5. The van der Waals surface area contributed by atoms with Gasteiger partial charge in [-0.3, -0.25) is 0 Å². The smallest absolute Gasteiger partial charge is 0.340 e. The van der Waals surface area contributed by atoms with Crippen molar-refractivity contribution in [2.24, 2.45) is 0 Å². The number of anilines is 5. The minimum absolute atomic E-state index is 0.347. The number of esters is 1. The zero-order chi connectivity index (χ0) is 29.7. The van der Waals surface area contributed by atoms with Crippen LogP contribution in [0.25, 0.3) is 0 Å². The van der Waals surface area contributed by atoms with Gasteiger partial charge < -0.3 is 19.7 Å². The molecule has 2 aliphatic rings. The lowest BCUT2D eigenvalue weighted by Gasteiger charge is -2.37. The number of hydrogen-bond donors (Lipinski definition) is 1. The zero-order valence-corrected chi connectivity index (χ0v) is 24.0. The van der Waals surface area contributed by atoms with E-state index in [2.05, 4.69) is 59.6 Å². The van der Waals surface area contributed by atoms with Crippen molar-refractivity contribution in [2.75, 3.05) is 10.2 Å². The highest BCUT2D eigenvalue weighted by Gasteiger charge is 2.53. The van der Waals surface area contributed by atoms with Crippen LogP contribution in [0, 0.1) is 6.92 Å². The quantitative estimate of drug-likeness (QED) is 0.208. The van der Waals surface area contributed by atoms with Crippen LogP contribution in [-0.2, 0) is 10.3 Å². The molecule has 44 heavy (non-hydrogen) atoms. The fourth-order valence-electron chi connectivity index (χ4n) is 6.36. The van der Waals surface area contributed by atoms with E-state index >= 15 is 0 Å². The van der Waals surface area contributed by atoms with E-state index in [1.165, 1.54) is 5.56 Å². The Morgan fingerprint density at radius 2 is 1.23 bits per heavy atom. The second kappa shape index (κ2) is 10.2. The Labute approximate surface area is 255 Å². The van der Waals surface area contributed by atoms with E-state index in [0.717, 1.165) is 45.1 Å². The molecular formula is C39H28N2O3. The van der Waals surface area contributed by atoms with E-state index in [0.29, 0.717) is 17.1 Å². The number of carbonyl (C=O) groups excluding carboxylic acids is 1. The van der Waals surface area contributed by atoms with Crippen LogP contribution in [0.1, 0.15) is 32.6 Å². The molecule has 0 radical (unpaired) electrons. The van der Waals surface area contributed by atoms with Gasteiger partial charge in [0.1, 0.15) is 11.5 Å². The molecule has 8 rings (SSSR count). The van der Waals surface area contributed by atoms with Gasteiger partial charge >= 0.3 is 5.97 Å². The van der Waals surface area contributed by atoms with Gasteiger partial charge in [-0.15, -0.1) is 0 Å². The van der Waals surface area contributed by atoms with Crippen LogP contribution >= 0.6 is 0 Å². The van der Waals surface area contributed by atoms with Gasteiger partial charge in [-0.2, -0.15) is 0 Å². The van der Waals surface area contributed by atoms with Crippen LogP contribution in [-0.4, -0.2) is 5.97 Å². The third kappa shape index (κ3) is 4.13. The van der Waals surface area contributed by atoms with Gasteiger partial charge in [-0.05, 0) is 79.2 Å². The maximum absolute atomic E-state index is 13.4. The van der Waals surface area contributed by atoms with Crippen LogP contribution < -0.4 is 15.0 Å². The first kappa shape index (κ1) is 25.9. The summed E-state index contributed by atoms with van der Waals surface area (Å²) in [4.78, 5) is 15.6. The Hall–Kier alpha value is -5.81. The number of benzene rings is 6. The van der Waals surface area contributed by atoms with Crippen molar-refractivity contribution < 1.29 is 14.3 Å². The summed E-state index contributed by atoms with van der Waals surface area (Å²) in [5.41, 5.74) is 7.79. The maximum atomic E-state index is 13.4. The molecule has 1 spiro atoms. The van der Waals surface area contributed by atoms with Crippen LogP contribution in [0.2, 0.25) is 0 Å². The van der Waals surface area contributed by atoms with E-state index < -0.39 is 5.60 Å². The van der Waals surface area contributed by atoms with Crippen molar-refractivity contribution in [3.63, 3.8) is 0 Å². The van der Waals surface area contributed by atoms with Crippen molar-refractivity contribution in [1.29, 1.82) is 0 Å². The summed E-state index contributed by atoms with van der Waals surface area (Å²) < 4.78 is 13.1.